The number of hydrogen-bond donors (Lipinski definition) is 2. The predicted molar refractivity (Wildman–Crippen MR) is 117 cm³/mol. The second-order valence-electron chi connectivity index (χ2n) is 8.12. The molecule has 2 N–H and O–H groups in total. The number of hydrogen-bond acceptors (Lipinski definition) is 5. The number of alkyl halides is 3. The molecule has 0 bridgehead atoms. The smallest absolute Gasteiger partial charge is 0.475 e. The Morgan fingerprint density at radius 1 is 1.12 bits per heavy atom. The van der Waals surface area contributed by atoms with Gasteiger partial charge in [0, 0.05) is 31.7 Å². The molecule has 1 saturated heterocycles. The maximum absolute atomic E-state index is 12.5. The maximum atomic E-state index is 12.5. The molecule has 34 heavy (non-hydrogen) atoms. The van der Waals surface area contributed by atoms with E-state index in [1.807, 2.05) is 36.4 Å². The van der Waals surface area contributed by atoms with Crippen molar-refractivity contribution in [3.05, 3.63) is 70.8 Å². The standard InChI is InChI=1S/C22H26N2O3.C2HF3O2/c1-16-13-24(10-11-26-16)14-17-6-8-18(9-7-17)22(25)23-12-21-20-5-3-2-4-19(20)15-27-21;3-2(4,5)1(6)7/h2-9,16,21H,10-15H2,1H3,(H,23,25);(H,6,7). The van der Waals surface area contributed by atoms with E-state index in [-0.39, 0.29) is 18.1 Å². The molecule has 2 aliphatic rings. The first-order valence-electron chi connectivity index (χ1n) is 10.8. The first kappa shape index (κ1) is 25.7. The van der Waals surface area contributed by atoms with Gasteiger partial charge < -0.3 is 19.9 Å². The normalized spacial score (nSPS) is 20.1. The number of carbonyl (C=O) groups is 2. The molecule has 2 aliphatic heterocycles. The van der Waals surface area contributed by atoms with Crippen LogP contribution in [0.25, 0.3) is 0 Å². The van der Waals surface area contributed by atoms with Crippen molar-refractivity contribution in [1.82, 2.24) is 10.2 Å². The van der Waals surface area contributed by atoms with Crippen LogP contribution in [0.3, 0.4) is 0 Å². The number of halogens is 3. The fourth-order valence-electron chi connectivity index (χ4n) is 3.77. The third kappa shape index (κ3) is 7.28. The average Bonchev–Trinajstić information content (AvgIpc) is 3.21. The second-order valence-corrected chi connectivity index (χ2v) is 8.12. The van der Waals surface area contributed by atoms with E-state index >= 15 is 0 Å². The molecule has 10 heteroatoms. The minimum absolute atomic E-state index is 0.0606. The van der Waals surface area contributed by atoms with E-state index in [0.717, 1.165) is 26.2 Å². The lowest BCUT2D eigenvalue weighted by Gasteiger charge is -2.31. The van der Waals surface area contributed by atoms with Crippen LogP contribution >= 0.6 is 0 Å². The number of morpholine rings is 1. The summed E-state index contributed by atoms with van der Waals surface area (Å²) in [6, 6.07) is 16.0. The monoisotopic (exact) mass is 480 g/mol. The SMILES string of the molecule is CC1CN(Cc2ccc(C(=O)NCC3OCc4ccccc43)cc2)CCO1.O=C(O)C(F)(F)F. The molecule has 0 saturated carbocycles. The van der Waals surface area contributed by atoms with E-state index in [9.17, 15) is 18.0 Å². The number of carboxylic acid groups (broad SMARTS) is 1. The molecule has 2 unspecified atom stereocenters. The molecule has 7 nitrogen and oxygen atoms in total. The van der Waals surface area contributed by atoms with Gasteiger partial charge in [0.05, 0.1) is 19.3 Å². The molecule has 2 aromatic carbocycles. The molecule has 0 aromatic heterocycles. The first-order chi connectivity index (χ1) is 16.1. The lowest BCUT2D eigenvalue weighted by Crippen LogP contribution is -2.40. The largest absolute Gasteiger partial charge is 0.490 e. The number of nitrogens with zero attached hydrogens (tertiary/aromatic N) is 1. The molecule has 1 amide bonds. The van der Waals surface area contributed by atoms with Crippen LogP contribution < -0.4 is 5.32 Å². The van der Waals surface area contributed by atoms with Crippen LogP contribution in [-0.4, -0.2) is 60.4 Å². The highest BCUT2D eigenvalue weighted by molar-refractivity contribution is 5.94. The predicted octanol–water partition coefficient (Wildman–Crippen LogP) is 3.54. The zero-order valence-electron chi connectivity index (χ0n) is 18.7. The van der Waals surface area contributed by atoms with Gasteiger partial charge in [-0.1, -0.05) is 36.4 Å². The summed E-state index contributed by atoms with van der Waals surface area (Å²) in [5.74, 6) is -2.82. The second kappa shape index (κ2) is 11.5. The number of nitrogens with one attached hydrogen (secondary N) is 1. The van der Waals surface area contributed by atoms with Gasteiger partial charge in [-0.2, -0.15) is 13.2 Å². The van der Waals surface area contributed by atoms with Gasteiger partial charge in [-0.25, -0.2) is 4.79 Å². The Balaban J connectivity index is 0.000000406. The molecule has 1 fully saturated rings. The summed E-state index contributed by atoms with van der Waals surface area (Å²) < 4.78 is 43.1. The van der Waals surface area contributed by atoms with Crippen molar-refractivity contribution >= 4 is 11.9 Å². The van der Waals surface area contributed by atoms with E-state index in [1.165, 1.54) is 16.7 Å². The lowest BCUT2D eigenvalue weighted by molar-refractivity contribution is -0.192. The summed E-state index contributed by atoms with van der Waals surface area (Å²) in [6.07, 6.45) is -4.86. The van der Waals surface area contributed by atoms with Gasteiger partial charge in [-0.15, -0.1) is 0 Å². The first-order valence-corrected chi connectivity index (χ1v) is 10.8. The van der Waals surface area contributed by atoms with Gasteiger partial charge in [0.15, 0.2) is 0 Å². The quantitative estimate of drug-likeness (QED) is 0.681. The van der Waals surface area contributed by atoms with Gasteiger partial charge in [0.1, 0.15) is 6.10 Å². The third-order valence-corrected chi connectivity index (χ3v) is 5.48. The zero-order valence-corrected chi connectivity index (χ0v) is 18.7. The highest BCUT2D eigenvalue weighted by atomic mass is 19.4. The third-order valence-electron chi connectivity index (χ3n) is 5.48. The Morgan fingerprint density at radius 3 is 2.44 bits per heavy atom. The molecule has 2 atom stereocenters. The molecular weight excluding hydrogens is 453 g/mol. The Labute approximate surface area is 195 Å². The number of ether oxygens (including phenoxy) is 2. The summed E-state index contributed by atoms with van der Waals surface area (Å²) in [4.78, 5) is 23.7. The van der Waals surface area contributed by atoms with Crippen LogP contribution in [0, 0.1) is 0 Å². The molecule has 0 aliphatic carbocycles. The summed E-state index contributed by atoms with van der Waals surface area (Å²) in [7, 11) is 0. The van der Waals surface area contributed by atoms with Crippen molar-refractivity contribution < 1.29 is 37.3 Å². The van der Waals surface area contributed by atoms with Crippen molar-refractivity contribution in [1.29, 1.82) is 0 Å². The van der Waals surface area contributed by atoms with Crippen LogP contribution in [-0.2, 0) is 27.4 Å². The van der Waals surface area contributed by atoms with Crippen LogP contribution in [0.2, 0.25) is 0 Å². The fourth-order valence-corrected chi connectivity index (χ4v) is 3.77. The molecular formula is C24H27F3N2O5. The topological polar surface area (TPSA) is 88.1 Å². The van der Waals surface area contributed by atoms with Crippen LogP contribution in [0.1, 0.15) is 40.1 Å². The van der Waals surface area contributed by atoms with Crippen LogP contribution in [0.15, 0.2) is 48.5 Å². The lowest BCUT2D eigenvalue weighted by atomic mass is 10.1. The van der Waals surface area contributed by atoms with Crippen molar-refractivity contribution in [2.75, 3.05) is 26.2 Å². The molecule has 2 heterocycles. The van der Waals surface area contributed by atoms with Crippen molar-refractivity contribution in [2.45, 2.75) is 38.5 Å². The van der Waals surface area contributed by atoms with Gasteiger partial charge in [0.25, 0.3) is 5.91 Å². The number of amides is 1. The van der Waals surface area contributed by atoms with E-state index in [0.29, 0.717) is 18.7 Å². The Morgan fingerprint density at radius 2 is 1.79 bits per heavy atom. The fraction of sp³-hybridized carbons (Fsp3) is 0.417. The van der Waals surface area contributed by atoms with E-state index in [2.05, 4.69) is 29.3 Å². The molecule has 184 valence electrons. The minimum atomic E-state index is -5.08. The zero-order chi connectivity index (χ0) is 24.7. The Hall–Kier alpha value is -2.95. The molecule has 0 spiro atoms. The number of rotatable bonds is 5. The van der Waals surface area contributed by atoms with Crippen LogP contribution in [0.5, 0.6) is 0 Å². The average molecular weight is 480 g/mol. The number of carbonyl (C=O) groups excluding carboxylic acids is 1. The number of carboxylic acids is 1. The Bertz CT molecular complexity index is 981. The summed E-state index contributed by atoms with van der Waals surface area (Å²) in [5, 5.41) is 10.1. The van der Waals surface area contributed by atoms with Crippen molar-refractivity contribution in [2.24, 2.45) is 0 Å². The molecule has 4 rings (SSSR count). The Kier molecular flexibility index (Phi) is 8.65. The molecule has 2 aromatic rings. The van der Waals surface area contributed by atoms with Gasteiger partial charge in [-0.05, 0) is 35.7 Å². The van der Waals surface area contributed by atoms with Gasteiger partial charge >= 0.3 is 12.1 Å². The van der Waals surface area contributed by atoms with E-state index in [1.54, 1.807) is 0 Å². The summed E-state index contributed by atoms with van der Waals surface area (Å²) in [6.45, 7) is 6.79. The summed E-state index contributed by atoms with van der Waals surface area (Å²) >= 11 is 0. The number of fused-ring (bicyclic) bond motifs is 1. The minimum Gasteiger partial charge on any atom is -0.475 e. The van der Waals surface area contributed by atoms with Gasteiger partial charge in [-0.3, -0.25) is 9.69 Å². The highest BCUT2D eigenvalue weighted by Crippen LogP contribution is 2.29. The maximum Gasteiger partial charge on any atom is 0.490 e. The van der Waals surface area contributed by atoms with E-state index < -0.39 is 12.1 Å². The van der Waals surface area contributed by atoms with Crippen molar-refractivity contribution in [3.8, 4) is 0 Å². The summed E-state index contributed by atoms with van der Waals surface area (Å²) in [5.41, 5.74) is 4.28. The van der Waals surface area contributed by atoms with Crippen molar-refractivity contribution in [3.63, 3.8) is 0 Å². The van der Waals surface area contributed by atoms with Gasteiger partial charge in [0.2, 0.25) is 0 Å². The number of aliphatic carboxylic acids is 1. The highest BCUT2D eigenvalue weighted by Gasteiger charge is 2.38. The number of benzene rings is 2. The van der Waals surface area contributed by atoms with E-state index in [4.69, 9.17) is 19.4 Å². The van der Waals surface area contributed by atoms with Crippen LogP contribution in [0.4, 0.5) is 13.2 Å². The molecule has 0 radical (unpaired) electrons.